The maximum Gasteiger partial charge on any atom is 0.222 e. The first-order chi connectivity index (χ1) is 22.2. The van der Waals surface area contributed by atoms with Gasteiger partial charge in [0.2, 0.25) is 5.88 Å². The lowest BCUT2D eigenvalue weighted by Gasteiger charge is -2.19. The molecule has 0 amide bonds. The number of aromatic nitrogens is 4. The van der Waals surface area contributed by atoms with Gasteiger partial charge < -0.3 is 9.67 Å². The Hall–Kier alpha value is -5.55. The van der Waals surface area contributed by atoms with Crippen LogP contribution in [0.3, 0.4) is 0 Å². The average molecular weight is 601 g/mol. The van der Waals surface area contributed by atoms with Gasteiger partial charge in [-0.2, -0.15) is 0 Å². The molecule has 3 heterocycles. The maximum atomic E-state index is 10.8. The van der Waals surface area contributed by atoms with Crippen molar-refractivity contribution in [2.75, 3.05) is 0 Å². The highest BCUT2D eigenvalue weighted by atomic mass is 16.3. The second-order valence-electron chi connectivity index (χ2n) is 12.9. The lowest BCUT2D eigenvalue weighted by atomic mass is 9.87. The highest BCUT2D eigenvalue weighted by Gasteiger charge is 2.21. The number of aromatic hydroxyl groups is 1. The number of fused-ring (bicyclic) bond motifs is 1. The number of benzene rings is 4. The Morgan fingerprint density at radius 1 is 0.609 bits per heavy atom. The van der Waals surface area contributed by atoms with Crippen LogP contribution in [-0.2, 0) is 12.5 Å². The Bertz CT molecular complexity index is 2210. The van der Waals surface area contributed by atoms with Gasteiger partial charge in [0.1, 0.15) is 5.82 Å². The number of hydrogen-bond donors (Lipinski definition) is 1. The molecule has 226 valence electrons. The molecular weight excluding hydrogens is 564 g/mol. The molecule has 0 bridgehead atoms. The molecule has 7 aromatic rings. The van der Waals surface area contributed by atoms with Crippen LogP contribution in [0.5, 0.6) is 5.88 Å². The van der Waals surface area contributed by atoms with Gasteiger partial charge in [0, 0.05) is 30.6 Å². The van der Waals surface area contributed by atoms with Gasteiger partial charge in [-0.05, 0) is 75.5 Å². The van der Waals surface area contributed by atoms with Gasteiger partial charge in [0.25, 0.3) is 0 Å². The largest absolute Gasteiger partial charge is 0.493 e. The third-order valence-corrected chi connectivity index (χ3v) is 8.76. The Morgan fingerprint density at radius 3 is 2.04 bits per heavy atom. The summed E-state index contributed by atoms with van der Waals surface area (Å²) in [4.78, 5) is 14.2. The summed E-state index contributed by atoms with van der Waals surface area (Å²) in [5.74, 6) is 0.656. The summed E-state index contributed by atoms with van der Waals surface area (Å²) in [6.45, 7) is 8.52. The van der Waals surface area contributed by atoms with Gasteiger partial charge in [0.05, 0.1) is 22.3 Å². The van der Waals surface area contributed by atoms with Gasteiger partial charge >= 0.3 is 0 Å². The van der Waals surface area contributed by atoms with Gasteiger partial charge in [0.15, 0.2) is 0 Å². The molecule has 3 aromatic heterocycles. The van der Waals surface area contributed by atoms with Crippen LogP contribution >= 0.6 is 0 Å². The number of para-hydroxylation sites is 1. The molecule has 0 radical (unpaired) electrons. The summed E-state index contributed by atoms with van der Waals surface area (Å²) in [6, 6.07) is 38.1. The standard InChI is InChI=1S/C41H36N4O/c1-26-24-42-36(23-34(26)29-19-17-28(18-20-29)27-11-7-6-8-12-27)31-14-9-13-30(21-31)33-15-10-16-37-38(33)44-39(45(37)5)35-22-32(41(2,3)4)25-43-40(35)46/h6-25H,1-5H3,(H,43,46). The zero-order chi connectivity index (χ0) is 32.0. The van der Waals surface area contributed by atoms with E-state index in [1.165, 1.54) is 11.1 Å². The van der Waals surface area contributed by atoms with Crippen LogP contribution in [0, 0.1) is 6.92 Å². The second kappa shape index (κ2) is 11.4. The number of hydrogen-bond acceptors (Lipinski definition) is 4. The summed E-state index contributed by atoms with van der Waals surface area (Å²) in [5.41, 5.74) is 13.3. The minimum atomic E-state index is -0.110. The van der Waals surface area contributed by atoms with Gasteiger partial charge in [-0.1, -0.05) is 106 Å². The maximum absolute atomic E-state index is 10.8. The van der Waals surface area contributed by atoms with Crippen LogP contribution in [0.4, 0.5) is 0 Å². The molecule has 46 heavy (non-hydrogen) atoms. The molecular formula is C41H36N4O. The summed E-state index contributed by atoms with van der Waals surface area (Å²) in [5, 5.41) is 10.8. The topological polar surface area (TPSA) is 63.8 Å². The van der Waals surface area contributed by atoms with Gasteiger partial charge in [-0.3, -0.25) is 4.98 Å². The van der Waals surface area contributed by atoms with Crippen molar-refractivity contribution in [1.82, 2.24) is 19.5 Å². The normalized spacial score (nSPS) is 11.7. The van der Waals surface area contributed by atoms with Crippen molar-refractivity contribution >= 4 is 11.0 Å². The number of rotatable bonds is 5. The molecule has 4 aromatic carbocycles. The summed E-state index contributed by atoms with van der Waals surface area (Å²) < 4.78 is 2.03. The molecule has 0 saturated carbocycles. The Morgan fingerprint density at radius 2 is 1.28 bits per heavy atom. The minimum absolute atomic E-state index is 0.0223. The van der Waals surface area contributed by atoms with Crippen LogP contribution < -0.4 is 0 Å². The smallest absolute Gasteiger partial charge is 0.222 e. The number of aryl methyl sites for hydroxylation is 2. The van der Waals surface area contributed by atoms with Crippen LogP contribution in [-0.4, -0.2) is 24.6 Å². The quantitative estimate of drug-likeness (QED) is 0.214. The Kier molecular flexibility index (Phi) is 7.25. The van der Waals surface area contributed by atoms with E-state index in [0.717, 1.165) is 55.7 Å². The van der Waals surface area contributed by atoms with Crippen molar-refractivity contribution in [1.29, 1.82) is 0 Å². The number of nitrogens with zero attached hydrogens (tertiary/aromatic N) is 4. The van der Waals surface area contributed by atoms with Gasteiger partial charge in [-0.15, -0.1) is 0 Å². The monoisotopic (exact) mass is 600 g/mol. The molecule has 1 N–H and O–H groups in total. The predicted octanol–water partition coefficient (Wildman–Crippen LogP) is 10.0. The van der Waals surface area contributed by atoms with Crippen molar-refractivity contribution in [3.05, 3.63) is 133 Å². The van der Waals surface area contributed by atoms with Crippen molar-refractivity contribution in [3.8, 4) is 61.9 Å². The molecule has 0 aliphatic carbocycles. The van der Waals surface area contributed by atoms with Crippen LogP contribution in [0.2, 0.25) is 0 Å². The van der Waals surface area contributed by atoms with E-state index in [9.17, 15) is 5.11 Å². The zero-order valence-electron chi connectivity index (χ0n) is 26.8. The van der Waals surface area contributed by atoms with Gasteiger partial charge in [-0.25, -0.2) is 9.97 Å². The van der Waals surface area contributed by atoms with Crippen molar-refractivity contribution in [2.45, 2.75) is 33.1 Å². The first kappa shape index (κ1) is 29.2. The molecule has 0 spiro atoms. The molecule has 0 aliphatic heterocycles. The average Bonchev–Trinajstić information content (AvgIpc) is 3.41. The van der Waals surface area contributed by atoms with E-state index < -0.39 is 0 Å². The van der Waals surface area contributed by atoms with E-state index in [0.29, 0.717) is 11.4 Å². The molecule has 5 nitrogen and oxygen atoms in total. The van der Waals surface area contributed by atoms with Crippen molar-refractivity contribution < 1.29 is 5.11 Å². The van der Waals surface area contributed by atoms with Crippen molar-refractivity contribution in [3.63, 3.8) is 0 Å². The van der Waals surface area contributed by atoms with E-state index >= 15 is 0 Å². The lowest BCUT2D eigenvalue weighted by molar-refractivity contribution is 0.453. The molecule has 0 atom stereocenters. The second-order valence-corrected chi connectivity index (χ2v) is 12.9. The molecule has 5 heteroatoms. The van der Waals surface area contributed by atoms with E-state index in [4.69, 9.17) is 9.97 Å². The summed E-state index contributed by atoms with van der Waals surface area (Å²) in [6.07, 6.45) is 3.70. The Labute approximate surface area is 269 Å². The van der Waals surface area contributed by atoms with Crippen LogP contribution in [0.1, 0.15) is 31.9 Å². The first-order valence-corrected chi connectivity index (χ1v) is 15.6. The zero-order valence-corrected chi connectivity index (χ0v) is 26.8. The molecule has 0 fully saturated rings. The molecule has 7 rings (SSSR count). The molecule has 0 aliphatic rings. The fourth-order valence-electron chi connectivity index (χ4n) is 6.03. The van der Waals surface area contributed by atoms with Crippen LogP contribution in [0.25, 0.3) is 67.1 Å². The number of imidazole rings is 1. The predicted molar refractivity (Wildman–Crippen MR) is 189 cm³/mol. The minimum Gasteiger partial charge on any atom is -0.493 e. The molecule has 0 saturated heterocycles. The van der Waals surface area contributed by atoms with Crippen LogP contribution in [0.15, 0.2) is 122 Å². The lowest BCUT2D eigenvalue weighted by Crippen LogP contribution is -2.11. The first-order valence-electron chi connectivity index (χ1n) is 15.6. The molecule has 0 unspecified atom stereocenters. The third-order valence-electron chi connectivity index (χ3n) is 8.76. The van der Waals surface area contributed by atoms with E-state index in [1.54, 1.807) is 6.20 Å². The van der Waals surface area contributed by atoms with E-state index in [1.807, 2.05) is 29.9 Å². The summed E-state index contributed by atoms with van der Waals surface area (Å²) in [7, 11) is 1.98. The fraction of sp³-hybridized carbons (Fsp3) is 0.146. The van der Waals surface area contributed by atoms with Crippen molar-refractivity contribution in [2.24, 2.45) is 7.05 Å². The van der Waals surface area contributed by atoms with E-state index in [-0.39, 0.29) is 11.3 Å². The third kappa shape index (κ3) is 5.34. The summed E-state index contributed by atoms with van der Waals surface area (Å²) >= 11 is 0. The van der Waals surface area contributed by atoms with E-state index in [2.05, 4.69) is 130 Å². The fourth-order valence-corrected chi connectivity index (χ4v) is 6.03. The number of pyridine rings is 2. The SMILES string of the molecule is Cc1cnc(-c2cccc(-c3cccc4c3nc(-c3cc(C(C)(C)C)cnc3O)n4C)c2)cc1-c1ccc(-c2ccccc2)cc1. The highest BCUT2D eigenvalue weighted by Crippen LogP contribution is 2.37. The highest BCUT2D eigenvalue weighted by molar-refractivity contribution is 5.95. The Balaban J connectivity index is 1.27.